The molecule has 1 saturated heterocycles. The van der Waals surface area contributed by atoms with Crippen molar-refractivity contribution >= 4 is 80.7 Å². The average molecular weight is 1080 g/mol. The van der Waals surface area contributed by atoms with E-state index in [1.165, 1.54) is 21.6 Å². The van der Waals surface area contributed by atoms with Gasteiger partial charge >= 0.3 is 0 Å². The maximum Gasteiger partial charge on any atom is 0.244 e. The maximum absolute atomic E-state index is 14.6. The van der Waals surface area contributed by atoms with Crippen molar-refractivity contribution in [1.29, 1.82) is 0 Å². The second-order valence-corrected chi connectivity index (χ2v) is 21.6. The number of carbonyl (C=O) groups is 9. The molecule has 0 unspecified atom stereocenters. The molecule has 25 heteroatoms. The Morgan fingerprint density at radius 3 is 2.04 bits per heavy atom. The Morgan fingerprint density at radius 2 is 1.41 bits per heavy atom. The number of hydrogen-bond acceptors (Lipinski definition) is 14. The Bertz CT molecular complexity index is 2280. The van der Waals surface area contributed by atoms with Crippen LogP contribution in [-0.2, 0) is 56.0 Å². The molecule has 4 rings (SSSR count). The van der Waals surface area contributed by atoms with E-state index >= 15 is 0 Å². The van der Waals surface area contributed by atoms with E-state index < -0.39 is 113 Å². The molecule has 1 aliphatic carbocycles. The molecular formula is C50H75N13O10S2. The second kappa shape index (κ2) is 31.3. The number of guanidine groups is 1. The fraction of sp³-hybridized carbons (Fsp3) is 0.560. The molecule has 0 bridgehead atoms. The Hall–Kier alpha value is -6.60. The van der Waals surface area contributed by atoms with Crippen molar-refractivity contribution < 1.29 is 47.9 Å². The van der Waals surface area contributed by atoms with E-state index in [0.29, 0.717) is 36.3 Å². The van der Waals surface area contributed by atoms with Gasteiger partial charge in [-0.3, -0.25) is 48.1 Å². The first-order chi connectivity index (χ1) is 35.8. The number of nitrogens with two attached hydrogens (primary N) is 4. The van der Waals surface area contributed by atoms with Crippen LogP contribution in [-0.4, -0.2) is 139 Å². The van der Waals surface area contributed by atoms with E-state index in [2.05, 4.69) is 47.5 Å². The molecule has 1 saturated carbocycles. The van der Waals surface area contributed by atoms with Gasteiger partial charge in [-0.05, 0) is 61.8 Å². The summed E-state index contributed by atoms with van der Waals surface area (Å²) < 4.78 is 4.92. The number of aliphatic imine (C=N–C) groups is 1. The number of primary amides is 1. The van der Waals surface area contributed by atoms with Gasteiger partial charge in [0, 0.05) is 49.4 Å². The maximum atomic E-state index is 14.6. The standard InChI is InChI=1S/C50H75N13O10S2/c1-4-73-33-17-15-32(16-18-33)25-35-44(68)60-36(24-31-12-7-5-8-13-31)46(70)63-42(30(2)3)48(72)61-37(26-39(52)64)45(69)62-38(29-74-75-50(27-40(65)58-35)19-9-6-10-20-50)47(71)59-34(14-11-22-56-49(53)54)43(67)57-28-41(66)55-23-21-51/h5,7-8,12-13,15-18,30,34-38,42H,4,6,9-11,14,19-29,51H2,1-3H3,(H2,52,64)(H,55,66)(H,57,67)(H,58,65)(H,59,71)(H,60,68)(H,61,72)(H,62,69)(H,63,70)(H4,53,54,56)/t34-,35+,36-,37-,38-,42-/m0/s1. The molecule has 412 valence electrons. The number of nitrogens with one attached hydrogen (secondary N) is 8. The van der Waals surface area contributed by atoms with E-state index in [1.807, 2.05) is 6.92 Å². The zero-order valence-electron chi connectivity index (χ0n) is 42.9. The number of rotatable bonds is 20. The summed E-state index contributed by atoms with van der Waals surface area (Å²) in [5.41, 5.74) is 23.5. The zero-order chi connectivity index (χ0) is 54.9. The fourth-order valence-electron chi connectivity index (χ4n) is 8.44. The summed E-state index contributed by atoms with van der Waals surface area (Å²) in [7, 11) is 2.55. The molecule has 0 aromatic heterocycles. The van der Waals surface area contributed by atoms with E-state index in [-0.39, 0.29) is 63.5 Å². The number of benzene rings is 2. The summed E-state index contributed by atoms with van der Waals surface area (Å²) in [6.45, 7) is 5.58. The lowest BCUT2D eigenvalue weighted by Gasteiger charge is -2.36. The van der Waals surface area contributed by atoms with Crippen molar-refractivity contribution in [2.24, 2.45) is 33.8 Å². The molecule has 2 aromatic rings. The predicted molar refractivity (Wildman–Crippen MR) is 287 cm³/mol. The van der Waals surface area contributed by atoms with Crippen LogP contribution in [0, 0.1) is 5.92 Å². The Kier molecular flexibility index (Phi) is 25.5. The van der Waals surface area contributed by atoms with Crippen molar-refractivity contribution in [3.8, 4) is 5.75 Å². The molecule has 75 heavy (non-hydrogen) atoms. The van der Waals surface area contributed by atoms with Crippen molar-refractivity contribution in [3.63, 3.8) is 0 Å². The van der Waals surface area contributed by atoms with E-state index in [0.717, 1.165) is 19.3 Å². The second-order valence-electron chi connectivity index (χ2n) is 18.8. The Labute approximate surface area is 445 Å². The minimum atomic E-state index is -1.66. The predicted octanol–water partition coefficient (Wildman–Crippen LogP) is -0.957. The fourth-order valence-corrected chi connectivity index (χ4v) is 11.8. The third-order valence-corrected chi connectivity index (χ3v) is 15.7. The number of ether oxygens (including phenoxy) is 1. The lowest BCUT2D eigenvalue weighted by molar-refractivity contribution is -0.136. The van der Waals surface area contributed by atoms with Crippen LogP contribution in [0.1, 0.15) is 89.7 Å². The van der Waals surface area contributed by atoms with Gasteiger partial charge in [-0.25, -0.2) is 0 Å². The number of nitrogens with zero attached hydrogens (tertiary/aromatic N) is 1. The van der Waals surface area contributed by atoms with Crippen molar-refractivity contribution in [3.05, 3.63) is 65.7 Å². The Morgan fingerprint density at radius 1 is 0.787 bits per heavy atom. The van der Waals surface area contributed by atoms with Gasteiger partial charge in [-0.15, -0.1) is 0 Å². The molecular weight excluding hydrogens is 1010 g/mol. The van der Waals surface area contributed by atoms with Crippen molar-refractivity contribution in [2.75, 3.05) is 38.5 Å². The molecule has 0 radical (unpaired) electrons. The molecule has 6 atom stereocenters. The molecule has 1 spiro atoms. The quantitative estimate of drug-likeness (QED) is 0.0329. The first kappa shape index (κ1) is 61.0. The minimum absolute atomic E-state index is 0.00791. The summed E-state index contributed by atoms with van der Waals surface area (Å²) in [6, 6.07) is 7.85. The summed E-state index contributed by atoms with van der Waals surface area (Å²) >= 11 is 0. The van der Waals surface area contributed by atoms with Gasteiger partial charge < -0.3 is 70.2 Å². The molecule has 2 aromatic carbocycles. The van der Waals surface area contributed by atoms with Gasteiger partial charge in [-0.2, -0.15) is 0 Å². The number of amides is 9. The van der Waals surface area contributed by atoms with Crippen LogP contribution in [0.3, 0.4) is 0 Å². The van der Waals surface area contributed by atoms with Crippen molar-refractivity contribution in [1.82, 2.24) is 42.5 Å². The molecule has 1 aliphatic heterocycles. The van der Waals surface area contributed by atoms with Crippen LogP contribution < -0.4 is 70.2 Å². The lowest BCUT2D eigenvalue weighted by Crippen LogP contribution is -2.61. The largest absolute Gasteiger partial charge is 0.494 e. The topological polar surface area (TPSA) is 376 Å². The first-order valence-electron chi connectivity index (χ1n) is 25.3. The Balaban J connectivity index is 1.77. The number of hydrogen-bond donors (Lipinski definition) is 12. The normalized spacial score (nSPS) is 21.4. The number of carbonyl (C=O) groups excluding carboxylic acids is 9. The summed E-state index contributed by atoms with van der Waals surface area (Å²) in [5.74, 6) is -7.12. The summed E-state index contributed by atoms with van der Waals surface area (Å²) in [4.78, 5) is 129. The zero-order valence-corrected chi connectivity index (χ0v) is 44.5. The van der Waals surface area contributed by atoms with Gasteiger partial charge in [-0.1, -0.05) is 97.2 Å². The van der Waals surface area contributed by atoms with E-state index in [9.17, 15) is 43.2 Å². The third-order valence-electron chi connectivity index (χ3n) is 12.3. The highest BCUT2D eigenvalue weighted by Crippen LogP contribution is 2.48. The van der Waals surface area contributed by atoms with Crippen molar-refractivity contribution in [2.45, 2.75) is 132 Å². The smallest absolute Gasteiger partial charge is 0.244 e. The SMILES string of the molecule is CCOc1ccc(C[C@H]2NC(=O)CC3(CCCCC3)SSC[C@@H](C(=O)N[C@@H](CCCN=C(N)N)C(=O)NCC(=O)NCCN)NC(=O)[C@H](CC(N)=O)NC(=O)[C@H](C(C)C)NC(=O)[C@H](Cc3ccccc3)NC2=O)cc1. The van der Waals surface area contributed by atoms with Crippen LogP contribution in [0.5, 0.6) is 5.75 Å². The van der Waals surface area contributed by atoms with E-state index in [4.69, 9.17) is 27.7 Å². The van der Waals surface area contributed by atoms with Gasteiger partial charge in [0.1, 0.15) is 42.0 Å². The average Bonchev–Trinajstić information content (AvgIpc) is 3.36. The molecule has 9 amide bonds. The molecule has 16 N–H and O–H groups in total. The van der Waals surface area contributed by atoms with E-state index in [1.54, 1.807) is 68.4 Å². The monoisotopic (exact) mass is 1080 g/mol. The van der Waals surface area contributed by atoms with Crippen LogP contribution in [0.4, 0.5) is 0 Å². The molecule has 2 aliphatic rings. The first-order valence-corrected chi connectivity index (χ1v) is 27.6. The van der Waals surface area contributed by atoms with Crippen LogP contribution >= 0.6 is 21.6 Å². The molecule has 2 fully saturated rings. The van der Waals surface area contributed by atoms with Gasteiger partial charge in [0.05, 0.1) is 19.6 Å². The summed E-state index contributed by atoms with van der Waals surface area (Å²) in [5, 5.41) is 21.5. The van der Waals surface area contributed by atoms with Gasteiger partial charge in [0.15, 0.2) is 5.96 Å². The molecule has 23 nitrogen and oxygen atoms in total. The highest BCUT2D eigenvalue weighted by atomic mass is 33.1. The third kappa shape index (κ3) is 21.3. The highest BCUT2D eigenvalue weighted by molar-refractivity contribution is 8.77. The minimum Gasteiger partial charge on any atom is -0.494 e. The van der Waals surface area contributed by atoms with Crippen LogP contribution in [0.15, 0.2) is 59.6 Å². The molecule has 1 heterocycles. The van der Waals surface area contributed by atoms with Gasteiger partial charge in [0.2, 0.25) is 53.2 Å². The summed E-state index contributed by atoms with van der Waals surface area (Å²) in [6.07, 6.45) is 3.14. The van der Waals surface area contributed by atoms with Crippen LogP contribution in [0.2, 0.25) is 0 Å². The van der Waals surface area contributed by atoms with Gasteiger partial charge in [0.25, 0.3) is 0 Å². The highest BCUT2D eigenvalue weighted by Gasteiger charge is 2.39. The lowest BCUT2D eigenvalue weighted by atomic mass is 9.85. The van der Waals surface area contributed by atoms with Crippen LogP contribution in [0.25, 0.3) is 0 Å².